The first kappa shape index (κ1) is 17.2. The van der Waals surface area contributed by atoms with Crippen LogP contribution in [0.25, 0.3) is 0 Å². The number of fused-ring (bicyclic) bond motifs is 1. The molecule has 1 atom stereocenters. The summed E-state index contributed by atoms with van der Waals surface area (Å²) in [6.45, 7) is 1.15. The molecule has 1 aliphatic rings. The molecule has 2 amide bonds. The maximum Gasteiger partial charge on any atom is 0.313 e. The summed E-state index contributed by atoms with van der Waals surface area (Å²) in [4.78, 5) is 24.0. The number of carbonyl (C=O) groups excluding carboxylic acids is 2. The lowest BCUT2D eigenvalue weighted by molar-refractivity contribution is -0.136. The number of nitrogens with one attached hydrogen (secondary N) is 2. The Morgan fingerprint density at radius 3 is 2.72 bits per heavy atom. The predicted octanol–water partition coefficient (Wildman–Crippen LogP) is 1.96. The molecule has 1 aliphatic heterocycles. The van der Waals surface area contributed by atoms with Crippen molar-refractivity contribution in [2.45, 2.75) is 6.10 Å². The van der Waals surface area contributed by atoms with Gasteiger partial charge < -0.3 is 24.8 Å². The molecule has 0 bridgehead atoms. The van der Waals surface area contributed by atoms with Gasteiger partial charge >= 0.3 is 11.8 Å². The largest absolute Gasteiger partial charge is 0.486 e. The lowest BCUT2D eigenvalue weighted by Gasteiger charge is -2.19. The number of thiophene rings is 1. The first-order valence-electron chi connectivity index (χ1n) is 7.71. The molecule has 2 heterocycles. The van der Waals surface area contributed by atoms with Crippen LogP contribution in [0.2, 0.25) is 0 Å². The van der Waals surface area contributed by atoms with Crippen LogP contribution < -0.4 is 20.1 Å². The SMILES string of the molecule is COC(CNC(=O)C(=O)Nc1ccc2c(c1)OCCO2)c1ccsc1. The van der Waals surface area contributed by atoms with Gasteiger partial charge in [0.2, 0.25) is 0 Å². The number of benzene rings is 1. The van der Waals surface area contributed by atoms with E-state index in [1.807, 2.05) is 16.8 Å². The maximum absolute atomic E-state index is 12.0. The highest BCUT2D eigenvalue weighted by Crippen LogP contribution is 2.32. The number of carbonyl (C=O) groups is 2. The van der Waals surface area contributed by atoms with E-state index < -0.39 is 11.8 Å². The molecule has 1 aromatic heterocycles. The Morgan fingerprint density at radius 2 is 2.00 bits per heavy atom. The minimum Gasteiger partial charge on any atom is -0.486 e. The zero-order valence-electron chi connectivity index (χ0n) is 13.6. The second-order valence-corrected chi connectivity index (χ2v) is 6.08. The fourth-order valence-corrected chi connectivity index (χ4v) is 3.07. The summed E-state index contributed by atoms with van der Waals surface area (Å²) in [5, 5.41) is 8.99. The molecule has 1 unspecified atom stereocenters. The van der Waals surface area contributed by atoms with E-state index in [1.54, 1.807) is 36.6 Å². The molecule has 8 heteroatoms. The van der Waals surface area contributed by atoms with Crippen molar-refractivity contribution >= 4 is 28.8 Å². The van der Waals surface area contributed by atoms with E-state index in [0.717, 1.165) is 5.56 Å². The molecule has 2 N–H and O–H groups in total. The van der Waals surface area contributed by atoms with Crippen LogP contribution in [0.5, 0.6) is 11.5 Å². The molecule has 0 radical (unpaired) electrons. The second kappa shape index (κ2) is 8.00. The first-order valence-corrected chi connectivity index (χ1v) is 8.65. The number of amides is 2. The molecule has 0 spiro atoms. The van der Waals surface area contributed by atoms with Crippen molar-refractivity contribution in [3.05, 3.63) is 40.6 Å². The number of methoxy groups -OCH3 is 1. The average molecular weight is 362 g/mol. The van der Waals surface area contributed by atoms with Crippen LogP contribution in [0.1, 0.15) is 11.7 Å². The predicted molar refractivity (Wildman–Crippen MR) is 93.1 cm³/mol. The van der Waals surface area contributed by atoms with Crippen LogP contribution in [-0.2, 0) is 14.3 Å². The van der Waals surface area contributed by atoms with E-state index in [0.29, 0.717) is 30.4 Å². The van der Waals surface area contributed by atoms with Gasteiger partial charge in [-0.1, -0.05) is 0 Å². The summed E-state index contributed by atoms with van der Waals surface area (Å²) in [6, 6.07) is 6.89. The van der Waals surface area contributed by atoms with Crippen LogP contribution in [0, 0.1) is 0 Å². The number of hydrogen-bond donors (Lipinski definition) is 2. The Morgan fingerprint density at radius 1 is 1.20 bits per heavy atom. The first-order chi connectivity index (χ1) is 12.2. The summed E-state index contributed by atoms with van der Waals surface area (Å²) < 4.78 is 16.2. The van der Waals surface area contributed by atoms with Crippen molar-refractivity contribution in [3.8, 4) is 11.5 Å². The quantitative estimate of drug-likeness (QED) is 0.794. The number of rotatable bonds is 5. The van der Waals surface area contributed by atoms with Crippen molar-refractivity contribution in [1.29, 1.82) is 0 Å². The molecule has 132 valence electrons. The van der Waals surface area contributed by atoms with Gasteiger partial charge in [0, 0.05) is 25.4 Å². The maximum atomic E-state index is 12.0. The molecular formula is C17H18N2O5S. The fraction of sp³-hybridized carbons (Fsp3) is 0.294. The molecule has 1 aromatic carbocycles. The normalized spacial score (nSPS) is 13.8. The number of ether oxygens (including phenoxy) is 3. The van der Waals surface area contributed by atoms with Gasteiger partial charge in [0.05, 0.1) is 0 Å². The van der Waals surface area contributed by atoms with Gasteiger partial charge in [-0.3, -0.25) is 9.59 Å². The summed E-state index contributed by atoms with van der Waals surface area (Å²) in [5.74, 6) is -0.321. The molecule has 25 heavy (non-hydrogen) atoms. The highest BCUT2D eigenvalue weighted by atomic mass is 32.1. The highest BCUT2D eigenvalue weighted by molar-refractivity contribution is 7.07. The summed E-state index contributed by atoms with van der Waals surface area (Å²) >= 11 is 1.54. The average Bonchev–Trinajstić information content (AvgIpc) is 3.16. The van der Waals surface area contributed by atoms with Crippen molar-refractivity contribution in [2.75, 3.05) is 32.2 Å². The van der Waals surface area contributed by atoms with E-state index in [1.165, 1.54) is 0 Å². The van der Waals surface area contributed by atoms with Crippen LogP contribution in [0.15, 0.2) is 35.0 Å². The van der Waals surface area contributed by atoms with Gasteiger partial charge in [-0.15, -0.1) is 0 Å². The Kier molecular flexibility index (Phi) is 5.52. The van der Waals surface area contributed by atoms with Gasteiger partial charge in [0.25, 0.3) is 0 Å². The van der Waals surface area contributed by atoms with Gasteiger partial charge in [-0.25, -0.2) is 0 Å². The molecule has 0 fully saturated rings. The summed E-state index contributed by atoms with van der Waals surface area (Å²) in [6.07, 6.45) is -0.294. The van der Waals surface area contributed by atoms with E-state index in [9.17, 15) is 9.59 Å². The Hall–Kier alpha value is -2.58. The van der Waals surface area contributed by atoms with E-state index in [4.69, 9.17) is 14.2 Å². The highest BCUT2D eigenvalue weighted by Gasteiger charge is 2.19. The van der Waals surface area contributed by atoms with Crippen molar-refractivity contribution in [3.63, 3.8) is 0 Å². The van der Waals surface area contributed by atoms with Crippen LogP contribution in [-0.4, -0.2) is 38.7 Å². The topological polar surface area (TPSA) is 85.9 Å². The van der Waals surface area contributed by atoms with Gasteiger partial charge in [-0.05, 0) is 34.5 Å². The fourth-order valence-electron chi connectivity index (χ4n) is 2.37. The van der Waals surface area contributed by atoms with Gasteiger partial charge in [0.1, 0.15) is 19.3 Å². The molecular weight excluding hydrogens is 344 g/mol. The molecule has 0 saturated heterocycles. The minimum absolute atomic E-state index is 0.209. The van der Waals surface area contributed by atoms with Crippen LogP contribution in [0.4, 0.5) is 5.69 Å². The van der Waals surface area contributed by atoms with E-state index in [2.05, 4.69) is 10.6 Å². The third kappa shape index (κ3) is 4.28. The Bertz CT molecular complexity index is 748. The molecule has 7 nitrogen and oxygen atoms in total. The molecule has 0 aliphatic carbocycles. The second-order valence-electron chi connectivity index (χ2n) is 5.30. The zero-order chi connectivity index (χ0) is 17.6. The van der Waals surface area contributed by atoms with E-state index >= 15 is 0 Å². The number of hydrogen-bond acceptors (Lipinski definition) is 6. The Labute approximate surface area is 148 Å². The molecule has 3 rings (SSSR count). The van der Waals surface area contributed by atoms with Crippen LogP contribution in [0.3, 0.4) is 0 Å². The third-order valence-electron chi connectivity index (χ3n) is 3.65. The molecule has 2 aromatic rings. The van der Waals surface area contributed by atoms with E-state index in [-0.39, 0.29) is 12.6 Å². The van der Waals surface area contributed by atoms with Crippen molar-refractivity contribution < 1.29 is 23.8 Å². The molecule has 0 saturated carbocycles. The van der Waals surface area contributed by atoms with Crippen LogP contribution >= 0.6 is 11.3 Å². The monoisotopic (exact) mass is 362 g/mol. The standard InChI is InChI=1S/C17H18N2O5S/c1-22-15(11-4-7-25-10-11)9-18-16(20)17(21)19-12-2-3-13-14(8-12)24-6-5-23-13/h2-4,7-8,10,15H,5-6,9H2,1H3,(H,18,20)(H,19,21). The summed E-state index contributed by atoms with van der Waals surface area (Å²) in [7, 11) is 1.56. The lowest BCUT2D eigenvalue weighted by atomic mass is 10.2. The number of anilines is 1. The third-order valence-corrected chi connectivity index (χ3v) is 4.36. The zero-order valence-corrected chi connectivity index (χ0v) is 14.4. The smallest absolute Gasteiger partial charge is 0.313 e. The lowest BCUT2D eigenvalue weighted by Crippen LogP contribution is -2.37. The Balaban J connectivity index is 1.55. The van der Waals surface area contributed by atoms with Gasteiger partial charge in [0.15, 0.2) is 11.5 Å². The summed E-state index contributed by atoms with van der Waals surface area (Å²) in [5.41, 5.74) is 1.42. The van der Waals surface area contributed by atoms with Gasteiger partial charge in [-0.2, -0.15) is 11.3 Å². The van der Waals surface area contributed by atoms with Crippen molar-refractivity contribution in [1.82, 2.24) is 5.32 Å². The minimum atomic E-state index is -0.753. The van der Waals surface area contributed by atoms with Crippen molar-refractivity contribution in [2.24, 2.45) is 0 Å².